The molecule has 5 rings (SSSR count). The Morgan fingerprint density at radius 2 is 1.97 bits per heavy atom. The molecule has 1 spiro atoms. The van der Waals surface area contributed by atoms with Crippen molar-refractivity contribution in [1.29, 1.82) is 5.26 Å². The third-order valence-corrected chi connectivity index (χ3v) is 6.30. The van der Waals surface area contributed by atoms with Gasteiger partial charge in [0, 0.05) is 5.69 Å². The number of rotatable bonds is 3. The molecule has 1 fully saturated rings. The molecule has 10 heteroatoms. The zero-order valence-corrected chi connectivity index (χ0v) is 16.6. The van der Waals surface area contributed by atoms with Gasteiger partial charge in [-0.1, -0.05) is 30.3 Å². The Kier molecular flexibility index (Phi) is 4.40. The maximum atomic E-state index is 14.0. The molecule has 2 aromatic rings. The molecule has 3 aliphatic heterocycles. The van der Waals surface area contributed by atoms with Crippen molar-refractivity contribution in [2.24, 2.45) is 11.7 Å². The second-order valence-electron chi connectivity index (χ2n) is 7.84. The molecular weight excluding hydrogens is 417 g/mol. The van der Waals surface area contributed by atoms with E-state index in [-0.39, 0.29) is 11.5 Å². The maximum Gasteiger partial charge on any atom is 0.323 e. The Balaban J connectivity index is 1.77. The molecule has 4 atom stereocenters. The minimum absolute atomic E-state index is 0.0818. The molecule has 0 saturated carbocycles. The zero-order valence-electron chi connectivity index (χ0n) is 16.6. The molecule has 162 valence electrons. The van der Waals surface area contributed by atoms with Gasteiger partial charge in [-0.2, -0.15) is 5.26 Å². The number of amides is 1. The van der Waals surface area contributed by atoms with Gasteiger partial charge in [0.15, 0.2) is 6.23 Å². The number of hydrogen-bond donors (Lipinski definition) is 4. The standard InChI is InChI=1S/C22H18FN5O4/c23-12-7-5-11(6-8-12)18-17-20(27-26-18)32-19(25)14(9-24)22(17)13-3-1-2-4-15(13)28(21(22)31)10-16(29)30/h1-8,17-18,20,26-27H,10,25H2,(H,29,30). The Labute approximate surface area is 181 Å². The molecule has 32 heavy (non-hydrogen) atoms. The molecule has 5 N–H and O–H groups in total. The fourth-order valence-electron chi connectivity index (χ4n) is 5.10. The van der Waals surface area contributed by atoms with E-state index in [1.807, 2.05) is 6.07 Å². The van der Waals surface area contributed by atoms with E-state index in [4.69, 9.17) is 10.5 Å². The maximum absolute atomic E-state index is 14.0. The third-order valence-electron chi connectivity index (χ3n) is 6.30. The van der Waals surface area contributed by atoms with Crippen LogP contribution in [0.25, 0.3) is 0 Å². The lowest BCUT2D eigenvalue weighted by molar-refractivity contribution is -0.137. The predicted molar refractivity (Wildman–Crippen MR) is 109 cm³/mol. The van der Waals surface area contributed by atoms with Crippen molar-refractivity contribution in [2.45, 2.75) is 17.7 Å². The van der Waals surface area contributed by atoms with Crippen LogP contribution in [0.4, 0.5) is 10.1 Å². The monoisotopic (exact) mass is 435 g/mol. The van der Waals surface area contributed by atoms with Gasteiger partial charge in [-0.3, -0.25) is 14.5 Å². The first-order valence-corrected chi connectivity index (χ1v) is 9.86. The largest absolute Gasteiger partial charge is 0.480 e. The first-order chi connectivity index (χ1) is 15.4. The second kappa shape index (κ2) is 7.05. The average molecular weight is 435 g/mol. The van der Waals surface area contributed by atoms with Crippen molar-refractivity contribution in [3.63, 3.8) is 0 Å². The highest BCUT2D eigenvalue weighted by atomic mass is 19.1. The molecule has 1 saturated heterocycles. The number of nitriles is 1. The number of nitrogens with zero attached hydrogens (tertiary/aromatic N) is 2. The Hall–Kier alpha value is -3.94. The molecule has 9 nitrogen and oxygen atoms in total. The number of hydrazine groups is 1. The van der Waals surface area contributed by atoms with Crippen LogP contribution in [-0.2, 0) is 19.7 Å². The number of para-hydroxylation sites is 1. The van der Waals surface area contributed by atoms with Crippen LogP contribution in [0.15, 0.2) is 60.0 Å². The summed E-state index contributed by atoms with van der Waals surface area (Å²) in [6.45, 7) is -0.573. The number of anilines is 1. The van der Waals surface area contributed by atoms with Gasteiger partial charge in [-0.25, -0.2) is 15.2 Å². The second-order valence-corrected chi connectivity index (χ2v) is 7.84. The Morgan fingerprint density at radius 1 is 1.25 bits per heavy atom. The topological polar surface area (TPSA) is 141 Å². The van der Waals surface area contributed by atoms with Crippen molar-refractivity contribution in [3.8, 4) is 6.07 Å². The van der Waals surface area contributed by atoms with Crippen LogP contribution in [0.5, 0.6) is 0 Å². The lowest BCUT2D eigenvalue weighted by atomic mass is 9.62. The van der Waals surface area contributed by atoms with E-state index in [0.717, 1.165) is 4.90 Å². The van der Waals surface area contributed by atoms with Crippen LogP contribution in [0, 0.1) is 23.1 Å². The Bertz CT molecular complexity index is 1210. The van der Waals surface area contributed by atoms with Gasteiger partial charge in [0.25, 0.3) is 0 Å². The van der Waals surface area contributed by atoms with E-state index in [0.29, 0.717) is 16.8 Å². The summed E-state index contributed by atoms with van der Waals surface area (Å²) in [4.78, 5) is 26.7. The van der Waals surface area contributed by atoms with Crippen LogP contribution in [0.3, 0.4) is 0 Å². The highest BCUT2D eigenvalue weighted by Crippen LogP contribution is 2.58. The number of ether oxygens (including phenoxy) is 1. The minimum atomic E-state index is -1.59. The number of nitrogens with one attached hydrogen (secondary N) is 2. The molecule has 2 aromatic carbocycles. The summed E-state index contributed by atoms with van der Waals surface area (Å²) in [5.74, 6) is -3.10. The summed E-state index contributed by atoms with van der Waals surface area (Å²) in [6.07, 6.45) is -0.802. The smallest absolute Gasteiger partial charge is 0.323 e. The fourth-order valence-corrected chi connectivity index (χ4v) is 5.10. The first kappa shape index (κ1) is 20.0. The van der Waals surface area contributed by atoms with E-state index >= 15 is 0 Å². The van der Waals surface area contributed by atoms with Crippen LogP contribution in [0.1, 0.15) is 17.2 Å². The van der Waals surface area contributed by atoms with Crippen molar-refractivity contribution in [3.05, 3.63) is 76.9 Å². The summed E-state index contributed by atoms with van der Waals surface area (Å²) in [5.41, 5.74) is 12.0. The van der Waals surface area contributed by atoms with E-state index in [1.54, 1.807) is 36.4 Å². The van der Waals surface area contributed by atoms with Crippen molar-refractivity contribution >= 4 is 17.6 Å². The number of carboxylic acid groups (broad SMARTS) is 1. The third kappa shape index (κ3) is 2.55. The number of aliphatic carboxylic acids is 1. The Morgan fingerprint density at radius 3 is 2.66 bits per heavy atom. The molecule has 0 bridgehead atoms. The molecule has 3 heterocycles. The summed E-state index contributed by atoms with van der Waals surface area (Å²) >= 11 is 0. The van der Waals surface area contributed by atoms with Gasteiger partial charge in [-0.05, 0) is 29.3 Å². The van der Waals surface area contributed by atoms with Gasteiger partial charge < -0.3 is 15.6 Å². The number of carbonyl (C=O) groups is 2. The molecule has 4 unspecified atom stereocenters. The van der Waals surface area contributed by atoms with E-state index in [2.05, 4.69) is 10.9 Å². The quantitative estimate of drug-likeness (QED) is 0.560. The molecular formula is C22H18FN5O4. The van der Waals surface area contributed by atoms with E-state index < -0.39 is 47.8 Å². The van der Waals surface area contributed by atoms with Crippen molar-refractivity contribution in [1.82, 2.24) is 10.9 Å². The van der Waals surface area contributed by atoms with Gasteiger partial charge in [0.2, 0.25) is 11.8 Å². The molecule has 3 aliphatic rings. The number of nitrogens with two attached hydrogens (primary N) is 1. The lowest BCUT2D eigenvalue weighted by Crippen LogP contribution is -2.56. The van der Waals surface area contributed by atoms with Crippen molar-refractivity contribution < 1.29 is 23.8 Å². The number of halogens is 1. The normalized spacial score (nSPS) is 28.3. The van der Waals surface area contributed by atoms with Crippen molar-refractivity contribution in [2.75, 3.05) is 11.4 Å². The van der Waals surface area contributed by atoms with E-state index in [1.165, 1.54) is 12.1 Å². The molecule has 0 aromatic heterocycles. The predicted octanol–water partition coefficient (Wildman–Crippen LogP) is 1.01. The van der Waals surface area contributed by atoms with Gasteiger partial charge in [0.1, 0.15) is 29.4 Å². The van der Waals surface area contributed by atoms with E-state index in [9.17, 15) is 24.3 Å². The minimum Gasteiger partial charge on any atom is -0.480 e. The van der Waals surface area contributed by atoms with Gasteiger partial charge in [-0.15, -0.1) is 0 Å². The van der Waals surface area contributed by atoms with Gasteiger partial charge in [0.05, 0.1) is 12.0 Å². The lowest BCUT2D eigenvalue weighted by Gasteiger charge is -2.42. The average Bonchev–Trinajstić information content (AvgIpc) is 3.29. The summed E-state index contributed by atoms with van der Waals surface area (Å²) in [7, 11) is 0. The summed E-state index contributed by atoms with van der Waals surface area (Å²) < 4.78 is 19.3. The van der Waals surface area contributed by atoms with Crippen LogP contribution >= 0.6 is 0 Å². The molecule has 1 amide bonds. The van der Waals surface area contributed by atoms with Crippen LogP contribution < -0.4 is 21.5 Å². The summed E-state index contributed by atoms with van der Waals surface area (Å²) in [5, 5.41) is 19.5. The highest BCUT2D eigenvalue weighted by molar-refractivity contribution is 6.13. The molecule has 0 radical (unpaired) electrons. The highest BCUT2D eigenvalue weighted by Gasteiger charge is 2.67. The SMILES string of the molecule is N#CC1=C(N)OC2NNC(c3ccc(F)cc3)C2C12C(=O)N(CC(=O)O)c1ccccc12. The van der Waals surface area contributed by atoms with Gasteiger partial charge >= 0.3 is 5.97 Å². The zero-order chi connectivity index (χ0) is 22.6. The number of carbonyl (C=O) groups excluding carboxylic acids is 1. The number of benzene rings is 2. The van der Waals surface area contributed by atoms with Crippen LogP contribution in [0.2, 0.25) is 0 Å². The summed E-state index contributed by atoms with van der Waals surface area (Å²) in [6, 6.07) is 14.0. The van der Waals surface area contributed by atoms with Crippen LogP contribution in [-0.4, -0.2) is 29.8 Å². The number of hydrogen-bond acceptors (Lipinski definition) is 7. The first-order valence-electron chi connectivity index (χ1n) is 9.86. The number of carboxylic acids is 1. The fraction of sp³-hybridized carbons (Fsp3) is 0.227. The molecule has 0 aliphatic carbocycles. The number of fused-ring (bicyclic) bond motifs is 4.